The molecule has 0 atom stereocenters. The van der Waals surface area contributed by atoms with Gasteiger partial charge in [-0.05, 0) is 49.1 Å². The first-order valence-electron chi connectivity index (χ1n) is 13.8. The third-order valence-corrected chi connectivity index (χ3v) is 7.65. The fourth-order valence-corrected chi connectivity index (χ4v) is 5.90. The number of carboxylic acids is 1. The molecule has 39 heavy (non-hydrogen) atoms. The monoisotopic (exact) mass is 523 g/mol. The summed E-state index contributed by atoms with van der Waals surface area (Å²) in [4.78, 5) is 12.8. The van der Waals surface area contributed by atoms with E-state index in [4.69, 9.17) is 9.47 Å². The Morgan fingerprint density at radius 1 is 1.08 bits per heavy atom. The third-order valence-electron chi connectivity index (χ3n) is 7.65. The molecule has 0 amide bonds. The summed E-state index contributed by atoms with van der Waals surface area (Å²) in [5.41, 5.74) is 6.18. The quantitative estimate of drug-likeness (QED) is 0.230. The minimum Gasteiger partial charge on any atom is -0.493 e. The normalized spacial score (nSPS) is 13.8. The van der Waals surface area contributed by atoms with Crippen LogP contribution in [0.5, 0.6) is 5.75 Å². The molecule has 0 unspecified atom stereocenters. The predicted octanol–water partition coefficient (Wildman–Crippen LogP) is 6.77. The lowest BCUT2D eigenvalue weighted by molar-refractivity contribution is 0.0683. The predicted molar refractivity (Wildman–Crippen MR) is 153 cm³/mol. The molecule has 0 saturated heterocycles. The number of benzene rings is 3. The van der Waals surface area contributed by atoms with Crippen LogP contribution in [0, 0.1) is 0 Å². The van der Waals surface area contributed by atoms with Gasteiger partial charge in [-0.2, -0.15) is 5.10 Å². The van der Waals surface area contributed by atoms with Gasteiger partial charge >= 0.3 is 5.97 Å². The Labute approximate surface area is 227 Å². The van der Waals surface area contributed by atoms with E-state index in [0.717, 1.165) is 74.8 Å². The molecule has 5 aromatic rings. The second kappa shape index (κ2) is 10.9. The van der Waals surface area contributed by atoms with E-state index < -0.39 is 5.97 Å². The van der Waals surface area contributed by atoms with E-state index in [1.807, 2.05) is 34.9 Å². The summed E-state index contributed by atoms with van der Waals surface area (Å²) in [6, 6.07) is 20.4. The molecule has 0 aliphatic carbocycles. The van der Waals surface area contributed by atoms with Crippen LogP contribution in [-0.2, 0) is 30.7 Å². The number of H-pyrrole nitrogens is 1. The summed E-state index contributed by atoms with van der Waals surface area (Å²) < 4.78 is 14.2. The molecule has 3 aromatic carbocycles. The molecule has 0 fully saturated rings. The van der Waals surface area contributed by atoms with Gasteiger partial charge in [0.25, 0.3) is 0 Å². The van der Waals surface area contributed by atoms with Gasteiger partial charge in [0.15, 0.2) is 0 Å². The van der Waals surface area contributed by atoms with E-state index in [0.29, 0.717) is 44.9 Å². The standard InChI is InChI=1S/C32H33N3O4/c1-2-26-29-25-14-8-13-23-24(15-9-19-39-28-16-7-11-21-10-3-4-12-22(21)28)31(32(36)37)35(30(23)25)17-5-6-18-38-20-27(29)34-33-26/h3-4,7-8,10-14,16H,2,5-6,9,15,17-20H2,1H3,(H,33,34)(H,36,37). The molecule has 0 spiro atoms. The van der Waals surface area contributed by atoms with Gasteiger partial charge in [-0.25, -0.2) is 4.79 Å². The average molecular weight is 524 g/mol. The van der Waals surface area contributed by atoms with Crippen LogP contribution in [0.25, 0.3) is 32.8 Å². The van der Waals surface area contributed by atoms with Gasteiger partial charge in [-0.3, -0.25) is 5.10 Å². The Morgan fingerprint density at radius 3 is 2.77 bits per heavy atom. The van der Waals surface area contributed by atoms with Gasteiger partial charge in [-0.1, -0.05) is 61.5 Å². The van der Waals surface area contributed by atoms with Gasteiger partial charge in [0, 0.05) is 35.1 Å². The van der Waals surface area contributed by atoms with Crippen LogP contribution >= 0.6 is 0 Å². The number of hydrogen-bond donors (Lipinski definition) is 2. The first-order chi connectivity index (χ1) is 19.2. The number of fused-ring (bicyclic) bond motifs is 3. The van der Waals surface area contributed by atoms with Crippen molar-refractivity contribution in [2.75, 3.05) is 13.2 Å². The number of hydrogen-bond acceptors (Lipinski definition) is 4. The van der Waals surface area contributed by atoms with Crippen molar-refractivity contribution in [1.29, 1.82) is 0 Å². The number of rotatable bonds is 7. The molecular weight excluding hydrogens is 490 g/mol. The molecular formula is C32H33N3O4. The topological polar surface area (TPSA) is 89.4 Å². The van der Waals surface area contributed by atoms with Crippen LogP contribution in [-0.4, -0.2) is 39.1 Å². The molecule has 7 nitrogen and oxygen atoms in total. The summed E-state index contributed by atoms with van der Waals surface area (Å²) in [7, 11) is 0. The Morgan fingerprint density at radius 2 is 1.90 bits per heavy atom. The zero-order chi connectivity index (χ0) is 26.8. The minimum absolute atomic E-state index is 0.380. The number of aromatic amines is 1. The van der Waals surface area contributed by atoms with Gasteiger partial charge in [0.05, 0.1) is 30.1 Å². The molecule has 0 radical (unpaired) electrons. The molecule has 0 saturated carbocycles. The van der Waals surface area contributed by atoms with Crippen molar-refractivity contribution in [3.8, 4) is 16.9 Å². The summed E-state index contributed by atoms with van der Waals surface area (Å²) in [6.45, 7) is 4.30. The highest BCUT2D eigenvalue weighted by molar-refractivity contribution is 6.04. The Bertz CT molecular complexity index is 1640. The molecule has 7 heteroatoms. The number of aryl methyl sites for hydroxylation is 3. The van der Waals surface area contributed by atoms with E-state index >= 15 is 0 Å². The summed E-state index contributed by atoms with van der Waals surface area (Å²) in [6.07, 6.45) is 3.79. The zero-order valence-corrected chi connectivity index (χ0v) is 22.2. The highest BCUT2D eigenvalue weighted by Gasteiger charge is 2.26. The summed E-state index contributed by atoms with van der Waals surface area (Å²) >= 11 is 0. The number of ether oxygens (including phenoxy) is 2. The van der Waals surface area contributed by atoms with Crippen molar-refractivity contribution in [2.45, 2.75) is 52.2 Å². The summed E-state index contributed by atoms with van der Waals surface area (Å²) in [5.74, 6) is -0.0380. The number of aromatic carboxylic acids is 1. The van der Waals surface area contributed by atoms with Crippen LogP contribution in [0.1, 0.15) is 53.6 Å². The van der Waals surface area contributed by atoms with E-state index in [9.17, 15) is 9.90 Å². The molecule has 2 N–H and O–H groups in total. The van der Waals surface area contributed by atoms with Gasteiger partial charge < -0.3 is 19.1 Å². The lowest BCUT2D eigenvalue weighted by Gasteiger charge is -2.12. The number of carboxylic acid groups (broad SMARTS) is 1. The fourth-order valence-electron chi connectivity index (χ4n) is 5.90. The number of aromatic nitrogens is 3. The molecule has 6 rings (SSSR count). The fraction of sp³-hybridized carbons (Fsp3) is 0.312. The lowest BCUT2D eigenvalue weighted by atomic mass is 9.97. The highest BCUT2D eigenvalue weighted by atomic mass is 16.5. The van der Waals surface area contributed by atoms with Crippen LogP contribution in [0.15, 0.2) is 60.7 Å². The second-order valence-electron chi connectivity index (χ2n) is 10.1. The van der Waals surface area contributed by atoms with Crippen LogP contribution < -0.4 is 4.74 Å². The van der Waals surface area contributed by atoms with Gasteiger partial charge in [0.1, 0.15) is 11.4 Å². The van der Waals surface area contributed by atoms with E-state index in [-0.39, 0.29) is 0 Å². The van der Waals surface area contributed by atoms with Crippen molar-refractivity contribution in [3.05, 3.63) is 83.3 Å². The van der Waals surface area contributed by atoms with E-state index in [1.165, 1.54) is 0 Å². The Kier molecular flexibility index (Phi) is 7.07. The van der Waals surface area contributed by atoms with E-state index in [1.54, 1.807) is 0 Å². The van der Waals surface area contributed by atoms with Crippen LogP contribution in [0.3, 0.4) is 0 Å². The molecule has 0 bridgehead atoms. The maximum atomic E-state index is 12.8. The zero-order valence-electron chi connectivity index (χ0n) is 22.2. The van der Waals surface area contributed by atoms with Crippen LogP contribution in [0.2, 0.25) is 0 Å². The Balaban J connectivity index is 1.39. The second-order valence-corrected chi connectivity index (χ2v) is 10.1. The Hall–Kier alpha value is -4.10. The first-order valence-corrected chi connectivity index (χ1v) is 13.8. The first kappa shape index (κ1) is 25.2. The number of nitrogens with one attached hydrogen (secondary N) is 1. The van der Waals surface area contributed by atoms with Crippen molar-refractivity contribution < 1.29 is 19.4 Å². The number of para-hydroxylation sites is 1. The molecule has 200 valence electrons. The van der Waals surface area contributed by atoms with Crippen LogP contribution in [0.4, 0.5) is 0 Å². The van der Waals surface area contributed by atoms with Crippen molar-refractivity contribution in [2.24, 2.45) is 0 Å². The minimum atomic E-state index is -0.892. The van der Waals surface area contributed by atoms with Crippen molar-refractivity contribution >= 4 is 27.6 Å². The number of carbonyl (C=O) groups is 1. The maximum Gasteiger partial charge on any atom is 0.352 e. The van der Waals surface area contributed by atoms with Gasteiger partial charge in [-0.15, -0.1) is 0 Å². The van der Waals surface area contributed by atoms with Crippen molar-refractivity contribution in [3.63, 3.8) is 0 Å². The maximum absolute atomic E-state index is 12.8. The lowest BCUT2D eigenvalue weighted by Crippen LogP contribution is -2.12. The third kappa shape index (κ3) is 4.68. The molecule has 2 aromatic heterocycles. The highest BCUT2D eigenvalue weighted by Crippen LogP contribution is 2.38. The molecule has 3 heterocycles. The smallest absolute Gasteiger partial charge is 0.352 e. The largest absolute Gasteiger partial charge is 0.493 e. The number of nitrogens with zero attached hydrogens (tertiary/aromatic N) is 2. The molecule has 1 aliphatic rings. The SMILES string of the molecule is CCc1n[nH]c2c1-c1cccc3c(CCCOc4cccc5ccccc45)c(C(=O)O)n(c13)CCCCOC2. The average Bonchev–Trinajstić information content (AvgIpc) is 3.50. The summed E-state index contributed by atoms with van der Waals surface area (Å²) in [5, 5.41) is 21.4. The molecule has 1 aliphatic heterocycles. The van der Waals surface area contributed by atoms with Crippen molar-refractivity contribution in [1.82, 2.24) is 14.8 Å². The van der Waals surface area contributed by atoms with E-state index in [2.05, 4.69) is 47.5 Å². The van der Waals surface area contributed by atoms with Gasteiger partial charge in [0.2, 0.25) is 0 Å².